The van der Waals surface area contributed by atoms with Crippen molar-refractivity contribution in [1.82, 2.24) is 13.8 Å². The number of carbonyl (C=O) groups excluding carboxylic acids is 1. The van der Waals surface area contributed by atoms with Gasteiger partial charge in [-0.15, -0.1) is 0 Å². The molecule has 30 heavy (non-hydrogen) atoms. The van der Waals surface area contributed by atoms with E-state index in [1.807, 2.05) is 30.3 Å². The topological polar surface area (TPSA) is 92.8 Å². The van der Waals surface area contributed by atoms with Crippen LogP contribution in [0.25, 0.3) is 17.2 Å². The van der Waals surface area contributed by atoms with E-state index < -0.39 is 15.8 Å². The zero-order valence-electron chi connectivity index (χ0n) is 16.2. The van der Waals surface area contributed by atoms with Crippen LogP contribution < -0.4 is 5.76 Å². The molecule has 1 amide bonds. The molecule has 0 aliphatic carbocycles. The Morgan fingerprint density at radius 2 is 1.63 bits per heavy atom. The van der Waals surface area contributed by atoms with Gasteiger partial charge in [-0.3, -0.25) is 9.36 Å². The Morgan fingerprint density at radius 3 is 2.37 bits per heavy atom. The Morgan fingerprint density at radius 1 is 0.967 bits per heavy atom. The van der Waals surface area contributed by atoms with Gasteiger partial charge in [-0.1, -0.05) is 42.5 Å². The minimum atomic E-state index is -3.57. The molecular formula is C21H21N3O5S. The number of nitrogens with zero attached hydrogens (tertiary/aromatic N) is 3. The van der Waals surface area contributed by atoms with Crippen molar-refractivity contribution in [2.75, 3.05) is 26.2 Å². The summed E-state index contributed by atoms with van der Waals surface area (Å²) in [6.45, 7) is 0.794. The van der Waals surface area contributed by atoms with E-state index in [4.69, 9.17) is 4.42 Å². The van der Waals surface area contributed by atoms with E-state index in [0.717, 1.165) is 5.56 Å². The molecule has 1 aromatic heterocycles. The van der Waals surface area contributed by atoms with Gasteiger partial charge in [0.15, 0.2) is 5.58 Å². The number of carbonyl (C=O) groups is 1. The largest absolute Gasteiger partial charge is 0.420 e. The molecule has 0 radical (unpaired) electrons. The first kappa shape index (κ1) is 20.1. The fourth-order valence-electron chi connectivity index (χ4n) is 3.41. The lowest BCUT2D eigenvalue weighted by Crippen LogP contribution is -2.51. The molecule has 0 atom stereocenters. The van der Waals surface area contributed by atoms with Crippen molar-refractivity contribution in [2.45, 2.75) is 6.54 Å². The van der Waals surface area contributed by atoms with E-state index in [-0.39, 0.29) is 38.6 Å². The summed E-state index contributed by atoms with van der Waals surface area (Å²) in [5.74, 6) is -0.836. The highest BCUT2D eigenvalue weighted by Gasteiger charge is 2.28. The molecule has 1 fully saturated rings. The number of fused-ring (bicyclic) bond motifs is 1. The number of para-hydroxylation sites is 2. The third kappa shape index (κ3) is 4.22. The second kappa shape index (κ2) is 8.29. The molecule has 0 spiro atoms. The maximum atomic E-state index is 12.7. The minimum absolute atomic E-state index is 0.142. The fourth-order valence-corrected chi connectivity index (χ4v) is 4.58. The zero-order valence-corrected chi connectivity index (χ0v) is 17.0. The van der Waals surface area contributed by atoms with Crippen LogP contribution in [0.1, 0.15) is 5.56 Å². The maximum absolute atomic E-state index is 12.7. The summed E-state index contributed by atoms with van der Waals surface area (Å²) in [5, 5.41) is 1.19. The number of rotatable bonds is 5. The molecule has 9 heteroatoms. The monoisotopic (exact) mass is 427 g/mol. The lowest BCUT2D eigenvalue weighted by atomic mass is 10.2. The molecule has 2 heterocycles. The Hall–Kier alpha value is -3.17. The van der Waals surface area contributed by atoms with Gasteiger partial charge in [0.2, 0.25) is 15.9 Å². The van der Waals surface area contributed by atoms with Gasteiger partial charge in [0.05, 0.1) is 5.52 Å². The summed E-state index contributed by atoms with van der Waals surface area (Å²) in [7, 11) is -3.57. The van der Waals surface area contributed by atoms with Gasteiger partial charge >= 0.3 is 5.76 Å². The second-order valence-electron chi connectivity index (χ2n) is 6.96. The van der Waals surface area contributed by atoms with Crippen LogP contribution in [-0.4, -0.2) is 54.3 Å². The lowest BCUT2D eigenvalue weighted by Gasteiger charge is -2.33. The highest BCUT2D eigenvalue weighted by molar-refractivity contribution is 7.92. The average molecular weight is 427 g/mol. The molecule has 1 saturated heterocycles. The number of benzene rings is 2. The molecule has 0 N–H and O–H groups in total. The first-order valence-electron chi connectivity index (χ1n) is 9.53. The van der Waals surface area contributed by atoms with E-state index in [1.54, 1.807) is 35.2 Å². The summed E-state index contributed by atoms with van der Waals surface area (Å²) in [6.07, 6.45) is 1.56. The van der Waals surface area contributed by atoms with Gasteiger partial charge in [-0.2, -0.15) is 4.31 Å². The van der Waals surface area contributed by atoms with Crippen molar-refractivity contribution in [3.63, 3.8) is 0 Å². The summed E-state index contributed by atoms with van der Waals surface area (Å²) in [6, 6.07) is 16.1. The van der Waals surface area contributed by atoms with E-state index in [0.29, 0.717) is 11.1 Å². The fraction of sp³-hybridized carbons (Fsp3) is 0.238. The molecule has 0 unspecified atom stereocenters. The van der Waals surface area contributed by atoms with Crippen LogP contribution in [0, 0.1) is 0 Å². The lowest BCUT2D eigenvalue weighted by molar-refractivity contribution is -0.133. The Bertz CT molecular complexity index is 1240. The minimum Gasteiger partial charge on any atom is -0.408 e. The van der Waals surface area contributed by atoms with Crippen LogP contribution in [0.15, 0.2) is 69.2 Å². The van der Waals surface area contributed by atoms with Gasteiger partial charge in [-0.25, -0.2) is 13.2 Å². The third-order valence-electron chi connectivity index (χ3n) is 5.05. The summed E-state index contributed by atoms with van der Waals surface area (Å²) >= 11 is 0. The second-order valence-corrected chi connectivity index (χ2v) is 8.78. The smallest absolute Gasteiger partial charge is 0.408 e. The molecule has 8 nitrogen and oxygen atoms in total. The van der Waals surface area contributed by atoms with Crippen molar-refractivity contribution >= 4 is 33.1 Å². The molecule has 0 saturated carbocycles. The van der Waals surface area contributed by atoms with Crippen molar-refractivity contribution in [3.8, 4) is 0 Å². The van der Waals surface area contributed by atoms with E-state index in [1.165, 1.54) is 14.3 Å². The standard InChI is InChI=1S/C21H21N3O5S/c25-20(16-24-18-8-4-5-9-19(18)29-21(24)26)22-11-13-23(14-12-22)30(27,28)15-10-17-6-2-1-3-7-17/h1-10,15H,11-14,16H2/b15-10+. The highest BCUT2D eigenvalue weighted by atomic mass is 32.2. The first-order valence-corrected chi connectivity index (χ1v) is 11.0. The van der Waals surface area contributed by atoms with Crippen LogP contribution in [-0.2, 0) is 21.4 Å². The normalized spacial score (nSPS) is 15.8. The average Bonchev–Trinajstić information content (AvgIpc) is 3.08. The SMILES string of the molecule is O=C(Cn1c(=O)oc2ccccc21)N1CCN(S(=O)(=O)/C=C/c2ccccc2)CC1. The van der Waals surface area contributed by atoms with Crippen LogP contribution in [0.4, 0.5) is 0 Å². The predicted molar refractivity (Wildman–Crippen MR) is 113 cm³/mol. The number of piperazine rings is 1. The highest BCUT2D eigenvalue weighted by Crippen LogP contribution is 2.14. The summed E-state index contributed by atoms with van der Waals surface area (Å²) < 4.78 is 32.9. The number of hydrogen-bond acceptors (Lipinski definition) is 5. The zero-order chi connectivity index (χ0) is 21.1. The molecule has 156 valence electrons. The van der Waals surface area contributed by atoms with Gasteiger partial charge in [0, 0.05) is 31.6 Å². The molecular weight excluding hydrogens is 406 g/mol. The summed E-state index contributed by atoms with van der Waals surface area (Å²) in [4.78, 5) is 26.3. The number of amides is 1. The van der Waals surface area contributed by atoms with Crippen LogP contribution in [0.2, 0.25) is 0 Å². The first-order chi connectivity index (χ1) is 14.4. The van der Waals surface area contributed by atoms with Crippen LogP contribution in [0.3, 0.4) is 0 Å². The molecule has 1 aliphatic heterocycles. The Labute approximate surface area is 173 Å². The Kier molecular flexibility index (Phi) is 5.56. The molecule has 2 aromatic carbocycles. The van der Waals surface area contributed by atoms with Gasteiger partial charge in [0.1, 0.15) is 6.54 Å². The predicted octanol–water partition coefficient (Wildman–Crippen LogP) is 1.74. The number of oxazole rings is 1. The van der Waals surface area contributed by atoms with Gasteiger partial charge in [0.25, 0.3) is 0 Å². The molecule has 4 rings (SSSR count). The van der Waals surface area contributed by atoms with Gasteiger partial charge in [-0.05, 0) is 23.8 Å². The number of sulfonamides is 1. The van der Waals surface area contributed by atoms with Crippen molar-refractivity contribution in [2.24, 2.45) is 0 Å². The maximum Gasteiger partial charge on any atom is 0.420 e. The van der Waals surface area contributed by atoms with Gasteiger partial charge < -0.3 is 9.32 Å². The molecule has 0 bridgehead atoms. The third-order valence-corrected chi connectivity index (χ3v) is 6.62. The number of aromatic nitrogens is 1. The van der Waals surface area contributed by atoms with Crippen molar-refractivity contribution in [1.29, 1.82) is 0 Å². The van der Waals surface area contributed by atoms with Crippen LogP contribution >= 0.6 is 0 Å². The summed E-state index contributed by atoms with van der Waals surface area (Å²) in [5.41, 5.74) is 1.78. The molecule has 3 aromatic rings. The van der Waals surface area contributed by atoms with Crippen molar-refractivity contribution in [3.05, 3.63) is 76.1 Å². The number of hydrogen-bond donors (Lipinski definition) is 0. The quantitative estimate of drug-likeness (QED) is 0.618. The van der Waals surface area contributed by atoms with E-state index in [9.17, 15) is 18.0 Å². The van der Waals surface area contributed by atoms with E-state index >= 15 is 0 Å². The van der Waals surface area contributed by atoms with Crippen LogP contribution in [0.5, 0.6) is 0 Å². The van der Waals surface area contributed by atoms with E-state index in [2.05, 4.69) is 0 Å². The molecule has 1 aliphatic rings. The Balaban J connectivity index is 1.39. The van der Waals surface area contributed by atoms with Crippen molar-refractivity contribution < 1.29 is 17.6 Å².